The first kappa shape index (κ1) is 14.4. The van der Waals surface area contributed by atoms with Gasteiger partial charge in [-0.15, -0.1) is 0 Å². The third kappa shape index (κ3) is 3.30. The highest BCUT2D eigenvalue weighted by molar-refractivity contribution is 5.48. The van der Waals surface area contributed by atoms with Gasteiger partial charge in [-0.2, -0.15) is 0 Å². The van der Waals surface area contributed by atoms with Crippen molar-refractivity contribution in [1.82, 2.24) is 5.32 Å². The van der Waals surface area contributed by atoms with Crippen molar-refractivity contribution in [3.05, 3.63) is 28.8 Å². The minimum atomic E-state index is 0.520. The first-order valence-corrected chi connectivity index (χ1v) is 7.50. The standard InChI is InChI=1S/C17H27NO/c1-12(2)16-15(6-5-13(3)17(16)19-4)11-14-7-9-18-10-8-14/h5-6,12,14,18H,7-11H2,1-4H3. The molecule has 0 bridgehead atoms. The number of aryl methyl sites for hydroxylation is 1. The number of nitrogens with one attached hydrogen (secondary N) is 1. The molecule has 1 fully saturated rings. The van der Waals surface area contributed by atoms with Crippen molar-refractivity contribution >= 4 is 0 Å². The molecule has 0 spiro atoms. The summed E-state index contributed by atoms with van der Waals surface area (Å²) < 4.78 is 5.65. The fourth-order valence-corrected chi connectivity index (χ4v) is 3.23. The number of ether oxygens (including phenoxy) is 1. The Labute approximate surface area is 117 Å². The van der Waals surface area contributed by atoms with Gasteiger partial charge in [0.1, 0.15) is 5.75 Å². The van der Waals surface area contributed by atoms with Gasteiger partial charge in [0, 0.05) is 5.56 Å². The molecule has 1 heterocycles. The Hall–Kier alpha value is -1.02. The van der Waals surface area contributed by atoms with E-state index in [0.717, 1.165) is 11.7 Å². The number of hydrogen-bond acceptors (Lipinski definition) is 2. The van der Waals surface area contributed by atoms with E-state index < -0.39 is 0 Å². The summed E-state index contributed by atoms with van der Waals surface area (Å²) in [5, 5.41) is 3.44. The average molecular weight is 261 g/mol. The van der Waals surface area contributed by atoms with Crippen LogP contribution in [0.1, 0.15) is 49.3 Å². The second kappa shape index (κ2) is 6.42. The molecule has 106 valence electrons. The van der Waals surface area contributed by atoms with Gasteiger partial charge in [0.25, 0.3) is 0 Å². The second-order valence-electron chi connectivity index (χ2n) is 6.04. The Bertz CT molecular complexity index is 420. The number of methoxy groups -OCH3 is 1. The summed E-state index contributed by atoms with van der Waals surface area (Å²) in [6, 6.07) is 4.52. The summed E-state index contributed by atoms with van der Waals surface area (Å²) in [4.78, 5) is 0. The maximum Gasteiger partial charge on any atom is 0.125 e. The van der Waals surface area contributed by atoms with Crippen LogP contribution in [0, 0.1) is 12.8 Å². The van der Waals surface area contributed by atoms with E-state index in [1.807, 2.05) is 0 Å². The molecule has 2 heteroatoms. The van der Waals surface area contributed by atoms with Gasteiger partial charge in [-0.1, -0.05) is 26.0 Å². The van der Waals surface area contributed by atoms with Crippen molar-refractivity contribution in [2.75, 3.05) is 20.2 Å². The molecule has 1 N–H and O–H groups in total. The third-order valence-electron chi connectivity index (χ3n) is 4.23. The molecule has 0 atom stereocenters. The number of benzene rings is 1. The highest BCUT2D eigenvalue weighted by atomic mass is 16.5. The van der Waals surface area contributed by atoms with Crippen molar-refractivity contribution in [1.29, 1.82) is 0 Å². The summed E-state index contributed by atoms with van der Waals surface area (Å²) in [7, 11) is 1.79. The Balaban J connectivity index is 2.28. The quantitative estimate of drug-likeness (QED) is 0.893. The number of rotatable bonds is 4. The van der Waals surface area contributed by atoms with E-state index >= 15 is 0 Å². The smallest absolute Gasteiger partial charge is 0.125 e. The van der Waals surface area contributed by atoms with Gasteiger partial charge < -0.3 is 10.1 Å². The van der Waals surface area contributed by atoms with Gasteiger partial charge in [-0.3, -0.25) is 0 Å². The molecule has 1 aromatic carbocycles. The molecule has 2 nitrogen and oxygen atoms in total. The summed E-state index contributed by atoms with van der Waals surface area (Å²) in [6.45, 7) is 9.01. The summed E-state index contributed by atoms with van der Waals surface area (Å²) in [5.74, 6) is 2.44. The SMILES string of the molecule is COc1c(C)ccc(CC2CCNCC2)c1C(C)C. The zero-order valence-corrected chi connectivity index (χ0v) is 12.8. The lowest BCUT2D eigenvalue weighted by atomic mass is 9.85. The van der Waals surface area contributed by atoms with Crippen LogP contribution in [0.15, 0.2) is 12.1 Å². The Morgan fingerprint density at radius 3 is 2.53 bits per heavy atom. The van der Waals surface area contributed by atoms with Crippen LogP contribution < -0.4 is 10.1 Å². The molecule has 0 saturated carbocycles. The lowest BCUT2D eigenvalue weighted by Crippen LogP contribution is -2.28. The normalized spacial score (nSPS) is 16.9. The van der Waals surface area contributed by atoms with Crippen LogP contribution in [0.5, 0.6) is 5.75 Å². The second-order valence-corrected chi connectivity index (χ2v) is 6.04. The first-order chi connectivity index (χ1) is 9.13. The Morgan fingerprint density at radius 1 is 1.26 bits per heavy atom. The fraction of sp³-hybridized carbons (Fsp3) is 0.647. The topological polar surface area (TPSA) is 21.3 Å². The molecule has 19 heavy (non-hydrogen) atoms. The summed E-state index contributed by atoms with van der Waals surface area (Å²) >= 11 is 0. The van der Waals surface area contributed by atoms with Gasteiger partial charge >= 0.3 is 0 Å². The zero-order valence-electron chi connectivity index (χ0n) is 12.8. The van der Waals surface area contributed by atoms with Crippen molar-refractivity contribution in [3.63, 3.8) is 0 Å². The van der Waals surface area contributed by atoms with Crippen LogP contribution >= 0.6 is 0 Å². The molecule has 0 unspecified atom stereocenters. The maximum absolute atomic E-state index is 5.65. The Morgan fingerprint density at radius 2 is 1.95 bits per heavy atom. The minimum absolute atomic E-state index is 0.520. The van der Waals surface area contributed by atoms with Crippen LogP contribution in [0.3, 0.4) is 0 Å². The van der Waals surface area contributed by atoms with Crippen molar-refractivity contribution in [2.45, 2.75) is 46.0 Å². The molecule has 0 amide bonds. The van der Waals surface area contributed by atoms with Crippen LogP contribution in [0.25, 0.3) is 0 Å². The van der Waals surface area contributed by atoms with E-state index in [4.69, 9.17) is 4.74 Å². The van der Waals surface area contributed by atoms with Crippen LogP contribution in [-0.4, -0.2) is 20.2 Å². The molecule has 0 aliphatic carbocycles. The summed E-state index contributed by atoms with van der Waals surface area (Å²) in [5.41, 5.74) is 4.16. The number of piperidine rings is 1. The van der Waals surface area contributed by atoms with Gasteiger partial charge in [-0.25, -0.2) is 0 Å². The largest absolute Gasteiger partial charge is 0.496 e. The lowest BCUT2D eigenvalue weighted by Gasteiger charge is -2.25. The van der Waals surface area contributed by atoms with E-state index in [1.165, 1.54) is 49.0 Å². The van der Waals surface area contributed by atoms with E-state index in [1.54, 1.807) is 7.11 Å². The van der Waals surface area contributed by atoms with Gasteiger partial charge in [0.05, 0.1) is 7.11 Å². The molecule has 1 aliphatic rings. The van der Waals surface area contributed by atoms with Crippen LogP contribution in [0.2, 0.25) is 0 Å². The monoisotopic (exact) mass is 261 g/mol. The molecular formula is C17H27NO. The summed E-state index contributed by atoms with van der Waals surface area (Å²) in [6.07, 6.45) is 3.80. The molecule has 2 rings (SSSR count). The number of hydrogen-bond donors (Lipinski definition) is 1. The van der Waals surface area contributed by atoms with E-state index in [-0.39, 0.29) is 0 Å². The van der Waals surface area contributed by atoms with Gasteiger partial charge in [0.2, 0.25) is 0 Å². The highest BCUT2D eigenvalue weighted by Crippen LogP contribution is 2.35. The fourth-order valence-electron chi connectivity index (χ4n) is 3.23. The first-order valence-electron chi connectivity index (χ1n) is 7.50. The predicted molar refractivity (Wildman–Crippen MR) is 81.1 cm³/mol. The van der Waals surface area contributed by atoms with Crippen LogP contribution in [0.4, 0.5) is 0 Å². The lowest BCUT2D eigenvalue weighted by molar-refractivity contribution is 0.368. The maximum atomic E-state index is 5.65. The molecular weight excluding hydrogens is 234 g/mol. The molecule has 1 aromatic rings. The molecule has 1 saturated heterocycles. The van der Waals surface area contributed by atoms with E-state index in [9.17, 15) is 0 Å². The van der Waals surface area contributed by atoms with Crippen molar-refractivity contribution < 1.29 is 4.74 Å². The van der Waals surface area contributed by atoms with E-state index in [2.05, 4.69) is 38.2 Å². The van der Waals surface area contributed by atoms with Gasteiger partial charge in [0.15, 0.2) is 0 Å². The van der Waals surface area contributed by atoms with Gasteiger partial charge in [-0.05, 0) is 62.2 Å². The average Bonchev–Trinajstić information content (AvgIpc) is 2.41. The predicted octanol–water partition coefficient (Wildman–Crippen LogP) is 3.67. The van der Waals surface area contributed by atoms with E-state index in [0.29, 0.717) is 5.92 Å². The minimum Gasteiger partial charge on any atom is -0.496 e. The molecule has 0 radical (unpaired) electrons. The van der Waals surface area contributed by atoms with Crippen molar-refractivity contribution in [2.24, 2.45) is 5.92 Å². The molecule has 1 aliphatic heterocycles. The Kier molecular flexibility index (Phi) is 4.87. The third-order valence-corrected chi connectivity index (χ3v) is 4.23. The van der Waals surface area contributed by atoms with Crippen molar-refractivity contribution in [3.8, 4) is 5.75 Å². The highest BCUT2D eigenvalue weighted by Gasteiger charge is 2.19. The zero-order chi connectivity index (χ0) is 13.8. The van der Waals surface area contributed by atoms with Crippen LogP contribution in [-0.2, 0) is 6.42 Å². The molecule has 0 aromatic heterocycles.